The van der Waals surface area contributed by atoms with Gasteiger partial charge in [-0.3, -0.25) is 9.59 Å². The first-order valence-corrected chi connectivity index (χ1v) is 10.5. The van der Waals surface area contributed by atoms with Crippen molar-refractivity contribution in [3.63, 3.8) is 0 Å². The Morgan fingerprint density at radius 3 is 2.42 bits per heavy atom. The smallest absolute Gasteiger partial charge is 0.325 e. The lowest BCUT2D eigenvalue weighted by Crippen LogP contribution is -2.38. The zero-order chi connectivity index (χ0) is 23.9. The van der Waals surface area contributed by atoms with Crippen molar-refractivity contribution >= 4 is 34.8 Å². The van der Waals surface area contributed by atoms with Gasteiger partial charge in [0.2, 0.25) is 11.8 Å². The molecule has 0 radical (unpaired) electrons. The van der Waals surface area contributed by atoms with Crippen LogP contribution < -0.4 is 10.2 Å². The van der Waals surface area contributed by atoms with E-state index >= 15 is 0 Å². The molecule has 0 atom stereocenters. The van der Waals surface area contributed by atoms with Crippen molar-refractivity contribution in [2.75, 3.05) is 16.8 Å². The van der Waals surface area contributed by atoms with E-state index in [-0.39, 0.29) is 24.6 Å². The number of fused-ring (bicyclic) bond motifs is 3. The van der Waals surface area contributed by atoms with Crippen molar-refractivity contribution in [1.29, 1.82) is 0 Å². The summed E-state index contributed by atoms with van der Waals surface area (Å²) in [6, 6.07) is 11.2. The first kappa shape index (κ1) is 22.8. The van der Waals surface area contributed by atoms with Crippen molar-refractivity contribution in [3.05, 3.63) is 75.9 Å². The molecule has 2 heterocycles. The lowest BCUT2D eigenvalue weighted by Gasteiger charge is -2.23. The number of hydrogen-bond acceptors (Lipinski definition) is 3. The summed E-state index contributed by atoms with van der Waals surface area (Å²) in [6.07, 6.45) is -4.44. The molecule has 0 unspecified atom stereocenters. The van der Waals surface area contributed by atoms with Crippen LogP contribution in [0.1, 0.15) is 22.3 Å². The van der Waals surface area contributed by atoms with E-state index in [2.05, 4.69) is 10.3 Å². The van der Waals surface area contributed by atoms with Crippen molar-refractivity contribution in [2.24, 2.45) is 0 Å². The Hall–Kier alpha value is -3.39. The molecule has 9 heteroatoms. The van der Waals surface area contributed by atoms with Gasteiger partial charge in [0.15, 0.2) is 0 Å². The van der Waals surface area contributed by atoms with Gasteiger partial charge in [0, 0.05) is 11.3 Å². The molecular formula is C24H19ClF3N3O2. The Morgan fingerprint density at radius 1 is 1.09 bits per heavy atom. The molecule has 2 amide bonds. The van der Waals surface area contributed by atoms with Crippen LogP contribution in [0.4, 0.5) is 24.5 Å². The third kappa shape index (κ3) is 4.71. The monoisotopic (exact) mass is 473 g/mol. The molecule has 1 N–H and O–H groups in total. The van der Waals surface area contributed by atoms with Gasteiger partial charge in [0.1, 0.15) is 11.7 Å². The highest BCUT2D eigenvalue weighted by molar-refractivity contribution is 6.29. The molecule has 3 aromatic rings. The zero-order valence-corrected chi connectivity index (χ0v) is 18.5. The van der Waals surface area contributed by atoms with Crippen molar-refractivity contribution in [1.82, 2.24) is 4.98 Å². The molecule has 2 aromatic carbocycles. The molecule has 0 spiro atoms. The SMILES string of the molecule is Cc1cc2c(cc1C)N(CC(=O)Nc1ccc(C(F)(F)F)cc1)C(=O)Cc1ccc(Cl)nc1-2. The third-order valence-electron chi connectivity index (χ3n) is 5.54. The van der Waals surface area contributed by atoms with E-state index < -0.39 is 17.6 Å². The van der Waals surface area contributed by atoms with Gasteiger partial charge in [-0.2, -0.15) is 13.2 Å². The van der Waals surface area contributed by atoms with Crippen LogP contribution in [0.25, 0.3) is 11.3 Å². The summed E-state index contributed by atoms with van der Waals surface area (Å²) in [5, 5.41) is 2.85. The molecule has 1 aliphatic rings. The number of aromatic nitrogens is 1. The van der Waals surface area contributed by atoms with Gasteiger partial charge in [0.05, 0.1) is 23.4 Å². The summed E-state index contributed by atoms with van der Waals surface area (Å²) in [6.45, 7) is 3.53. The standard InChI is InChI=1S/C24H19ClF3N3O2/c1-13-9-18-19(10-14(13)2)31(22(33)11-15-3-8-20(25)30-23(15)18)12-21(32)29-17-6-4-16(5-7-17)24(26,27)28/h3-10H,11-12H2,1-2H3,(H,29,32). The number of aryl methyl sites for hydroxylation is 2. The minimum atomic E-state index is -4.47. The normalized spacial score (nSPS) is 13.3. The van der Waals surface area contributed by atoms with Crippen LogP contribution in [0.2, 0.25) is 5.15 Å². The second-order valence-electron chi connectivity index (χ2n) is 7.88. The number of carbonyl (C=O) groups excluding carboxylic acids is 2. The molecule has 33 heavy (non-hydrogen) atoms. The maximum absolute atomic E-state index is 13.1. The molecule has 0 fully saturated rings. The second kappa shape index (κ2) is 8.51. The van der Waals surface area contributed by atoms with Crippen molar-refractivity contribution < 1.29 is 22.8 Å². The summed E-state index contributed by atoms with van der Waals surface area (Å²) in [5.74, 6) is -0.839. The summed E-state index contributed by atoms with van der Waals surface area (Å²) in [4.78, 5) is 31.7. The van der Waals surface area contributed by atoms with Crippen LogP contribution >= 0.6 is 11.6 Å². The fourth-order valence-corrected chi connectivity index (χ4v) is 3.85. The Kier molecular flexibility index (Phi) is 5.88. The number of nitrogens with zero attached hydrogens (tertiary/aromatic N) is 2. The van der Waals surface area contributed by atoms with E-state index in [0.29, 0.717) is 27.7 Å². The highest BCUT2D eigenvalue weighted by Gasteiger charge is 2.31. The van der Waals surface area contributed by atoms with E-state index in [9.17, 15) is 22.8 Å². The predicted molar refractivity (Wildman–Crippen MR) is 120 cm³/mol. The maximum atomic E-state index is 13.1. The molecular weight excluding hydrogens is 455 g/mol. The van der Waals surface area contributed by atoms with Crippen LogP contribution in [-0.2, 0) is 22.2 Å². The number of anilines is 2. The van der Waals surface area contributed by atoms with Crippen LogP contribution in [0.3, 0.4) is 0 Å². The Bertz CT molecular complexity index is 1260. The number of rotatable bonds is 3. The number of hydrogen-bond donors (Lipinski definition) is 1. The first-order valence-electron chi connectivity index (χ1n) is 10.1. The number of alkyl halides is 3. The fraction of sp³-hybridized carbons (Fsp3) is 0.208. The topological polar surface area (TPSA) is 62.3 Å². The lowest BCUT2D eigenvalue weighted by molar-refractivity contribution is -0.137. The van der Waals surface area contributed by atoms with E-state index in [1.807, 2.05) is 26.0 Å². The van der Waals surface area contributed by atoms with Gasteiger partial charge >= 0.3 is 6.18 Å². The average Bonchev–Trinajstić information content (AvgIpc) is 2.84. The molecule has 5 nitrogen and oxygen atoms in total. The number of nitrogens with one attached hydrogen (secondary N) is 1. The highest BCUT2D eigenvalue weighted by atomic mass is 35.5. The summed E-state index contributed by atoms with van der Waals surface area (Å²) >= 11 is 6.11. The fourth-order valence-electron chi connectivity index (χ4n) is 3.71. The predicted octanol–water partition coefficient (Wildman–Crippen LogP) is 5.57. The van der Waals surface area contributed by atoms with Crippen molar-refractivity contribution in [3.8, 4) is 11.3 Å². The van der Waals surface area contributed by atoms with Gasteiger partial charge in [-0.15, -0.1) is 0 Å². The lowest BCUT2D eigenvalue weighted by atomic mass is 9.99. The number of pyridine rings is 1. The summed E-state index contributed by atoms with van der Waals surface area (Å²) in [5.41, 5.74) is 3.80. The highest BCUT2D eigenvalue weighted by Crippen LogP contribution is 2.38. The molecule has 1 aromatic heterocycles. The molecule has 4 rings (SSSR count). The Morgan fingerprint density at radius 2 is 1.76 bits per heavy atom. The number of benzene rings is 2. The largest absolute Gasteiger partial charge is 0.416 e. The Balaban J connectivity index is 1.65. The first-order chi connectivity index (χ1) is 15.5. The Labute approximate surface area is 193 Å². The summed E-state index contributed by atoms with van der Waals surface area (Å²) < 4.78 is 38.3. The minimum Gasteiger partial charge on any atom is -0.325 e. The van der Waals surface area contributed by atoms with Gasteiger partial charge < -0.3 is 10.2 Å². The van der Waals surface area contributed by atoms with Gasteiger partial charge in [-0.05, 0) is 73.0 Å². The summed E-state index contributed by atoms with van der Waals surface area (Å²) in [7, 11) is 0. The van der Waals surface area contributed by atoms with E-state index in [4.69, 9.17) is 11.6 Å². The van der Waals surface area contributed by atoms with Crippen LogP contribution in [0.5, 0.6) is 0 Å². The van der Waals surface area contributed by atoms with E-state index in [1.165, 1.54) is 17.0 Å². The number of carbonyl (C=O) groups is 2. The third-order valence-corrected chi connectivity index (χ3v) is 5.75. The molecule has 0 bridgehead atoms. The van der Waals surface area contributed by atoms with Crippen LogP contribution in [-0.4, -0.2) is 23.3 Å². The minimum absolute atomic E-state index is 0.0276. The molecule has 0 saturated heterocycles. The average molecular weight is 474 g/mol. The molecule has 0 aliphatic carbocycles. The molecule has 0 saturated carbocycles. The number of halogens is 4. The van der Waals surface area contributed by atoms with Crippen LogP contribution in [0, 0.1) is 13.8 Å². The van der Waals surface area contributed by atoms with Crippen LogP contribution in [0.15, 0.2) is 48.5 Å². The molecule has 170 valence electrons. The second-order valence-corrected chi connectivity index (χ2v) is 8.26. The van der Waals surface area contributed by atoms with Gasteiger partial charge in [0.25, 0.3) is 0 Å². The van der Waals surface area contributed by atoms with Gasteiger partial charge in [-0.1, -0.05) is 17.7 Å². The zero-order valence-electron chi connectivity index (χ0n) is 17.8. The molecule has 1 aliphatic heterocycles. The number of amides is 2. The van der Waals surface area contributed by atoms with E-state index in [1.54, 1.807) is 12.1 Å². The quantitative estimate of drug-likeness (QED) is 0.506. The van der Waals surface area contributed by atoms with Crippen molar-refractivity contribution in [2.45, 2.75) is 26.4 Å². The maximum Gasteiger partial charge on any atom is 0.416 e. The van der Waals surface area contributed by atoms with Gasteiger partial charge in [-0.25, -0.2) is 4.98 Å². The van der Waals surface area contributed by atoms with E-state index in [0.717, 1.165) is 23.3 Å².